The van der Waals surface area contributed by atoms with Gasteiger partial charge in [0.1, 0.15) is 17.9 Å². The standard InChI is InChI=1S/C23H17ClN2O5/c1-13-20(22(27)28)18-7-8-19(26-21(18)31-13)15-9-16(24)11-17(10-15)25-23(29)30-12-14-5-3-2-4-6-14/h2-11H,12H2,1H3,(H,25,29)(H,27,28). The van der Waals surface area contributed by atoms with Crippen LogP contribution in [0.25, 0.3) is 22.4 Å². The lowest BCUT2D eigenvalue weighted by atomic mass is 10.1. The lowest BCUT2D eigenvalue weighted by molar-refractivity contribution is 0.0697. The van der Waals surface area contributed by atoms with E-state index < -0.39 is 12.1 Å². The third kappa shape index (κ3) is 4.51. The molecule has 0 aliphatic rings. The summed E-state index contributed by atoms with van der Waals surface area (Å²) in [5, 5.41) is 12.8. The van der Waals surface area contributed by atoms with Gasteiger partial charge in [-0.15, -0.1) is 0 Å². The number of aromatic carboxylic acids is 1. The number of rotatable bonds is 5. The normalized spacial score (nSPS) is 10.8. The first-order valence-electron chi connectivity index (χ1n) is 9.33. The molecule has 4 rings (SSSR count). The van der Waals surface area contributed by atoms with Gasteiger partial charge < -0.3 is 14.3 Å². The number of benzene rings is 2. The predicted molar refractivity (Wildman–Crippen MR) is 116 cm³/mol. The first-order chi connectivity index (χ1) is 14.9. The van der Waals surface area contributed by atoms with Gasteiger partial charge >= 0.3 is 12.1 Å². The van der Waals surface area contributed by atoms with Crippen molar-refractivity contribution in [1.29, 1.82) is 0 Å². The van der Waals surface area contributed by atoms with E-state index in [1.165, 1.54) is 0 Å². The summed E-state index contributed by atoms with van der Waals surface area (Å²) in [6, 6.07) is 17.6. The second-order valence-electron chi connectivity index (χ2n) is 6.80. The molecule has 8 heteroatoms. The van der Waals surface area contributed by atoms with E-state index in [1.54, 1.807) is 37.3 Å². The summed E-state index contributed by atoms with van der Waals surface area (Å²) in [6.07, 6.45) is -0.617. The van der Waals surface area contributed by atoms with Crippen molar-refractivity contribution in [2.75, 3.05) is 5.32 Å². The molecule has 156 valence electrons. The van der Waals surface area contributed by atoms with Crippen molar-refractivity contribution < 1.29 is 23.8 Å². The van der Waals surface area contributed by atoms with Gasteiger partial charge in [-0.2, -0.15) is 0 Å². The zero-order valence-corrected chi connectivity index (χ0v) is 17.1. The Balaban J connectivity index is 1.56. The second-order valence-corrected chi connectivity index (χ2v) is 7.24. The van der Waals surface area contributed by atoms with Crippen LogP contribution in [0.3, 0.4) is 0 Å². The molecule has 7 nitrogen and oxygen atoms in total. The Morgan fingerprint density at radius 2 is 1.90 bits per heavy atom. The van der Waals surface area contributed by atoms with Crippen molar-refractivity contribution >= 4 is 40.5 Å². The lowest BCUT2D eigenvalue weighted by Crippen LogP contribution is -2.13. The number of hydrogen-bond acceptors (Lipinski definition) is 5. The number of carbonyl (C=O) groups excluding carboxylic acids is 1. The third-order valence-electron chi connectivity index (χ3n) is 4.60. The van der Waals surface area contributed by atoms with Crippen molar-refractivity contribution in [1.82, 2.24) is 4.98 Å². The van der Waals surface area contributed by atoms with Crippen LogP contribution in [0.4, 0.5) is 10.5 Å². The van der Waals surface area contributed by atoms with Crippen LogP contribution in [-0.4, -0.2) is 22.2 Å². The quantitative estimate of drug-likeness (QED) is 0.403. The van der Waals surface area contributed by atoms with E-state index in [2.05, 4.69) is 10.3 Å². The average Bonchev–Trinajstić information content (AvgIpc) is 3.07. The number of furan rings is 1. The Bertz CT molecular complexity index is 1280. The minimum absolute atomic E-state index is 0.0867. The van der Waals surface area contributed by atoms with Crippen molar-refractivity contribution in [2.45, 2.75) is 13.5 Å². The second kappa shape index (κ2) is 8.49. The number of nitrogens with one attached hydrogen (secondary N) is 1. The van der Waals surface area contributed by atoms with Gasteiger partial charge in [-0.1, -0.05) is 41.9 Å². The molecule has 0 aliphatic heterocycles. The molecule has 2 aromatic carbocycles. The maximum atomic E-state index is 12.2. The summed E-state index contributed by atoms with van der Waals surface area (Å²) in [5.74, 6) is -0.796. The molecule has 0 unspecified atom stereocenters. The summed E-state index contributed by atoms with van der Waals surface area (Å²) in [6.45, 7) is 1.72. The molecule has 2 N–H and O–H groups in total. The average molecular weight is 437 g/mol. The Kier molecular flexibility index (Phi) is 5.60. The number of amides is 1. The molecule has 0 aliphatic carbocycles. The minimum atomic E-state index is -1.07. The number of anilines is 1. The van der Waals surface area contributed by atoms with Gasteiger partial charge in [0.2, 0.25) is 5.71 Å². The van der Waals surface area contributed by atoms with Gasteiger partial charge in [0.25, 0.3) is 0 Å². The van der Waals surface area contributed by atoms with E-state index in [4.69, 9.17) is 20.8 Å². The van der Waals surface area contributed by atoms with Crippen molar-refractivity contribution in [3.05, 3.63) is 82.6 Å². The Labute approximate surface area is 182 Å². The molecule has 0 radical (unpaired) electrons. The van der Waals surface area contributed by atoms with Crippen molar-refractivity contribution in [3.8, 4) is 11.3 Å². The highest BCUT2D eigenvalue weighted by Crippen LogP contribution is 2.30. The summed E-state index contributed by atoms with van der Waals surface area (Å²) in [7, 11) is 0. The number of ether oxygens (including phenoxy) is 1. The monoisotopic (exact) mass is 436 g/mol. The van der Waals surface area contributed by atoms with Crippen LogP contribution in [0, 0.1) is 6.92 Å². The maximum Gasteiger partial charge on any atom is 0.411 e. The van der Waals surface area contributed by atoms with Crippen LogP contribution in [0.2, 0.25) is 5.02 Å². The number of fused-ring (bicyclic) bond motifs is 1. The molecule has 4 aromatic rings. The predicted octanol–water partition coefficient (Wildman–Crippen LogP) is 5.90. The molecule has 2 heterocycles. The molecule has 0 fully saturated rings. The summed E-state index contributed by atoms with van der Waals surface area (Å²) >= 11 is 6.22. The number of nitrogens with zero attached hydrogens (tertiary/aromatic N) is 1. The first kappa shape index (κ1) is 20.4. The van der Waals surface area contributed by atoms with Crippen LogP contribution < -0.4 is 5.32 Å². The Morgan fingerprint density at radius 3 is 2.65 bits per heavy atom. The molecule has 0 saturated carbocycles. The Hall–Kier alpha value is -3.84. The molecule has 0 bridgehead atoms. The minimum Gasteiger partial charge on any atom is -0.478 e. The van der Waals surface area contributed by atoms with Crippen LogP contribution in [0.15, 0.2) is 65.1 Å². The fraction of sp³-hybridized carbons (Fsp3) is 0.0870. The number of carboxylic acid groups (broad SMARTS) is 1. The fourth-order valence-electron chi connectivity index (χ4n) is 3.21. The van der Waals surface area contributed by atoms with E-state index in [-0.39, 0.29) is 23.6 Å². The lowest BCUT2D eigenvalue weighted by Gasteiger charge is -2.09. The smallest absolute Gasteiger partial charge is 0.411 e. The third-order valence-corrected chi connectivity index (χ3v) is 4.82. The van der Waals surface area contributed by atoms with Crippen LogP contribution in [0.1, 0.15) is 21.7 Å². The number of hydrogen-bond donors (Lipinski definition) is 2. The topological polar surface area (TPSA) is 102 Å². The molecule has 1 amide bonds. The van der Waals surface area contributed by atoms with Gasteiger partial charge in [-0.05, 0) is 42.8 Å². The highest BCUT2D eigenvalue weighted by atomic mass is 35.5. The number of carbonyl (C=O) groups is 2. The number of halogens is 1. The Morgan fingerprint density at radius 1 is 1.13 bits per heavy atom. The molecule has 0 atom stereocenters. The first-order valence-corrected chi connectivity index (χ1v) is 9.70. The highest BCUT2D eigenvalue weighted by Gasteiger charge is 2.19. The van der Waals surface area contributed by atoms with Crippen molar-refractivity contribution in [2.24, 2.45) is 0 Å². The highest BCUT2D eigenvalue weighted by molar-refractivity contribution is 6.31. The van der Waals surface area contributed by atoms with Crippen LogP contribution in [0.5, 0.6) is 0 Å². The fourth-order valence-corrected chi connectivity index (χ4v) is 3.44. The molecule has 0 spiro atoms. The van der Waals surface area contributed by atoms with Crippen LogP contribution in [-0.2, 0) is 11.3 Å². The van der Waals surface area contributed by atoms with Gasteiger partial charge in [-0.25, -0.2) is 14.6 Å². The van der Waals surface area contributed by atoms with Crippen LogP contribution >= 0.6 is 11.6 Å². The summed E-state index contributed by atoms with van der Waals surface area (Å²) in [4.78, 5) is 28.0. The number of carboxylic acids is 1. The number of aryl methyl sites for hydroxylation is 1. The van der Waals surface area contributed by atoms with Gasteiger partial charge in [0.05, 0.1) is 11.1 Å². The summed E-state index contributed by atoms with van der Waals surface area (Å²) in [5.41, 5.74) is 2.74. The maximum absolute atomic E-state index is 12.2. The summed E-state index contributed by atoms with van der Waals surface area (Å²) < 4.78 is 10.7. The van der Waals surface area contributed by atoms with E-state index >= 15 is 0 Å². The van der Waals surface area contributed by atoms with E-state index in [0.29, 0.717) is 27.4 Å². The van der Waals surface area contributed by atoms with E-state index in [0.717, 1.165) is 5.56 Å². The molecular weight excluding hydrogens is 420 g/mol. The van der Waals surface area contributed by atoms with E-state index in [9.17, 15) is 14.7 Å². The molecular formula is C23H17ClN2O5. The molecule has 31 heavy (non-hydrogen) atoms. The van der Waals surface area contributed by atoms with E-state index in [1.807, 2.05) is 30.3 Å². The zero-order chi connectivity index (χ0) is 22.0. The van der Waals surface area contributed by atoms with Gasteiger partial charge in [-0.3, -0.25) is 5.32 Å². The van der Waals surface area contributed by atoms with Crippen molar-refractivity contribution in [3.63, 3.8) is 0 Å². The zero-order valence-electron chi connectivity index (χ0n) is 16.4. The number of pyridine rings is 1. The number of aromatic nitrogens is 1. The largest absolute Gasteiger partial charge is 0.478 e. The van der Waals surface area contributed by atoms with Gasteiger partial charge in [0.15, 0.2) is 0 Å². The molecule has 0 saturated heterocycles. The molecule has 2 aromatic heterocycles. The van der Waals surface area contributed by atoms with Gasteiger partial charge in [0, 0.05) is 16.3 Å². The SMILES string of the molecule is Cc1oc2nc(-c3cc(Cl)cc(NC(=O)OCc4ccccc4)c3)ccc2c1C(=O)O.